The number of nitrogens with two attached hydrogens (primary N) is 2. The number of amides is 1. The van der Waals surface area contributed by atoms with Gasteiger partial charge in [-0.3, -0.25) is 4.79 Å². The number of nitrogens with zero attached hydrogens (tertiary/aromatic N) is 1. The van der Waals surface area contributed by atoms with Crippen molar-refractivity contribution in [2.24, 2.45) is 16.9 Å². The minimum atomic E-state index is -3.57. The third-order valence-corrected chi connectivity index (χ3v) is 5.91. The zero-order chi connectivity index (χ0) is 15.8. The van der Waals surface area contributed by atoms with E-state index in [4.69, 9.17) is 11.5 Å². The minimum Gasteiger partial charge on any atom is -0.366 e. The first kappa shape index (κ1) is 18.9. The predicted molar refractivity (Wildman–Crippen MR) is 87.3 cm³/mol. The van der Waals surface area contributed by atoms with Crippen LogP contribution in [0.3, 0.4) is 0 Å². The third kappa shape index (κ3) is 3.60. The van der Waals surface area contributed by atoms with Gasteiger partial charge in [0.05, 0.1) is 4.90 Å². The highest BCUT2D eigenvalue weighted by atomic mass is 35.5. The summed E-state index contributed by atoms with van der Waals surface area (Å²) in [7, 11) is -3.57. The SMILES string of the molecule is CC1(C)CN(S(=O)(=O)c2ccc(C(N)=O)cc2)CCC1N.Cl. The van der Waals surface area contributed by atoms with Crippen molar-refractivity contribution in [1.29, 1.82) is 0 Å². The van der Waals surface area contributed by atoms with Gasteiger partial charge in [-0.1, -0.05) is 13.8 Å². The molecule has 0 saturated carbocycles. The minimum absolute atomic E-state index is 0. The van der Waals surface area contributed by atoms with Crippen molar-refractivity contribution in [2.75, 3.05) is 13.1 Å². The van der Waals surface area contributed by atoms with Crippen molar-refractivity contribution in [3.63, 3.8) is 0 Å². The molecule has 1 saturated heterocycles. The highest BCUT2D eigenvalue weighted by Gasteiger charge is 2.38. The Labute approximate surface area is 137 Å². The fraction of sp³-hybridized carbons (Fsp3) is 0.500. The molecular weight excluding hydrogens is 326 g/mol. The number of hydrogen-bond donors (Lipinski definition) is 2. The summed E-state index contributed by atoms with van der Waals surface area (Å²) >= 11 is 0. The van der Waals surface area contributed by atoms with E-state index in [1.807, 2.05) is 13.8 Å². The van der Waals surface area contributed by atoms with Crippen LogP contribution in [0.15, 0.2) is 29.2 Å². The van der Waals surface area contributed by atoms with Crippen LogP contribution in [0.1, 0.15) is 30.6 Å². The molecule has 6 nitrogen and oxygen atoms in total. The van der Waals surface area contributed by atoms with Gasteiger partial charge in [-0.25, -0.2) is 8.42 Å². The molecule has 2 rings (SSSR count). The maximum absolute atomic E-state index is 12.6. The van der Waals surface area contributed by atoms with Gasteiger partial charge >= 0.3 is 0 Å². The van der Waals surface area contributed by atoms with Gasteiger partial charge < -0.3 is 11.5 Å². The second-order valence-corrected chi connectivity index (χ2v) is 8.05. The number of primary amides is 1. The summed E-state index contributed by atoms with van der Waals surface area (Å²) in [6, 6.07) is 5.67. The molecule has 1 heterocycles. The first-order valence-electron chi connectivity index (χ1n) is 6.80. The number of benzene rings is 1. The second kappa shape index (κ2) is 6.54. The van der Waals surface area contributed by atoms with E-state index < -0.39 is 15.9 Å². The summed E-state index contributed by atoms with van der Waals surface area (Å²) in [5, 5.41) is 0. The van der Waals surface area contributed by atoms with Gasteiger partial charge in [0, 0.05) is 24.7 Å². The first-order chi connectivity index (χ1) is 9.64. The molecule has 1 fully saturated rings. The van der Waals surface area contributed by atoms with E-state index in [-0.39, 0.29) is 34.3 Å². The maximum Gasteiger partial charge on any atom is 0.248 e. The van der Waals surface area contributed by atoms with Crippen molar-refractivity contribution in [2.45, 2.75) is 31.2 Å². The number of halogens is 1. The van der Waals surface area contributed by atoms with E-state index in [1.165, 1.54) is 28.6 Å². The molecule has 1 aliphatic heterocycles. The quantitative estimate of drug-likeness (QED) is 0.849. The van der Waals surface area contributed by atoms with E-state index >= 15 is 0 Å². The summed E-state index contributed by atoms with van der Waals surface area (Å²) in [4.78, 5) is 11.2. The van der Waals surface area contributed by atoms with Crippen LogP contribution < -0.4 is 11.5 Å². The predicted octanol–water partition coefficient (Wildman–Crippen LogP) is 0.955. The maximum atomic E-state index is 12.6. The fourth-order valence-electron chi connectivity index (χ4n) is 2.47. The Morgan fingerprint density at radius 1 is 1.27 bits per heavy atom. The molecule has 124 valence electrons. The molecule has 1 aliphatic rings. The molecule has 1 unspecified atom stereocenters. The van der Waals surface area contributed by atoms with Gasteiger partial charge in [0.2, 0.25) is 15.9 Å². The van der Waals surface area contributed by atoms with Gasteiger partial charge in [0.25, 0.3) is 0 Å². The van der Waals surface area contributed by atoms with Crippen molar-refractivity contribution in [1.82, 2.24) is 4.31 Å². The second-order valence-electron chi connectivity index (χ2n) is 6.11. The van der Waals surface area contributed by atoms with Crippen LogP contribution in [0.4, 0.5) is 0 Å². The number of carbonyl (C=O) groups excluding carboxylic acids is 1. The van der Waals surface area contributed by atoms with Crippen LogP contribution >= 0.6 is 12.4 Å². The van der Waals surface area contributed by atoms with Crippen LogP contribution in [-0.2, 0) is 10.0 Å². The molecule has 0 bridgehead atoms. The summed E-state index contributed by atoms with van der Waals surface area (Å²) in [5.74, 6) is -0.580. The lowest BCUT2D eigenvalue weighted by Gasteiger charge is -2.41. The van der Waals surface area contributed by atoms with Gasteiger partial charge in [0.1, 0.15) is 0 Å². The molecule has 0 radical (unpaired) electrons. The molecule has 22 heavy (non-hydrogen) atoms. The van der Waals surface area contributed by atoms with E-state index in [0.717, 1.165) is 0 Å². The van der Waals surface area contributed by atoms with Crippen LogP contribution in [0.25, 0.3) is 0 Å². The number of hydrogen-bond acceptors (Lipinski definition) is 4. The zero-order valence-electron chi connectivity index (χ0n) is 12.7. The summed E-state index contributed by atoms with van der Waals surface area (Å²) < 4.78 is 26.7. The summed E-state index contributed by atoms with van der Waals surface area (Å²) in [6.45, 7) is 4.73. The molecule has 0 aliphatic carbocycles. The lowest BCUT2D eigenvalue weighted by atomic mass is 9.81. The smallest absolute Gasteiger partial charge is 0.248 e. The molecular formula is C14H22ClN3O3S. The van der Waals surface area contributed by atoms with E-state index in [0.29, 0.717) is 19.5 Å². The Bertz CT molecular complexity index is 644. The van der Waals surface area contributed by atoms with E-state index in [1.54, 1.807) is 0 Å². The number of carbonyl (C=O) groups is 1. The van der Waals surface area contributed by atoms with Crippen molar-refractivity contribution >= 4 is 28.3 Å². The number of rotatable bonds is 3. The summed E-state index contributed by atoms with van der Waals surface area (Å²) in [5.41, 5.74) is 11.2. The Kier molecular flexibility index (Phi) is 5.61. The topological polar surface area (TPSA) is 106 Å². The number of piperidine rings is 1. The molecule has 0 aromatic heterocycles. The molecule has 1 atom stereocenters. The lowest BCUT2D eigenvalue weighted by Crippen LogP contribution is -2.53. The van der Waals surface area contributed by atoms with Gasteiger partial charge in [-0.15, -0.1) is 12.4 Å². The average molecular weight is 348 g/mol. The summed E-state index contributed by atoms with van der Waals surface area (Å²) in [6.07, 6.45) is 0.631. The van der Waals surface area contributed by atoms with Gasteiger partial charge in [-0.05, 0) is 36.1 Å². The van der Waals surface area contributed by atoms with Crippen LogP contribution in [0, 0.1) is 5.41 Å². The van der Waals surface area contributed by atoms with Crippen molar-refractivity contribution < 1.29 is 13.2 Å². The van der Waals surface area contributed by atoms with E-state index in [2.05, 4.69) is 0 Å². The Morgan fingerprint density at radius 3 is 2.27 bits per heavy atom. The fourth-order valence-corrected chi connectivity index (χ4v) is 4.10. The Morgan fingerprint density at radius 2 is 1.82 bits per heavy atom. The molecule has 1 aromatic rings. The van der Waals surface area contributed by atoms with Crippen molar-refractivity contribution in [3.8, 4) is 0 Å². The highest BCUT2D eigenvalue weighted by Crippen LogP contribution is 2.31. The lowest BCUT2D eigenvalue weighted by molar-refractivity contribution is 0.1000. The van der Waals surface area contributed by atoms with Crippen molar-refractivity contribution in [3.05, 3.63) is 29.8 Å². The average Bonchev–Trinajstić information content (AvgIpc) is 2.41. The van der Waals surface area contributed by atoms with Crippen LogP contribution in [0.5, 0.6) is 0 Å². The molecule has 0 spiro atoms. The molecule has 4 N–H and O–H groups in total. The van der Waals surface area contributed by atoms with Gasteiger partial charge in [0.15, 0.2) is 0 Å². The normalized spacial score (nSPS) is 21.9. The molecule has 1 aromatic carbocycles. The zero-order valence-corrected chi connectivity index (χ0v) is 14.3. The van der Waals surface area contributed by atoms with E-state index in [9.17, 15) is 13.2 Å². The standard InChI is InChI=1S/C14H21N3O3S.ClH/c1-14(2)9-17(8-7-12(14)15)21(19,20)11-5-3-10(4-6-11)13(16)18;/h3-6,12H,7-9,15H2,1-2H3,(H2,16,18);1H. The monoisotopic (exact) mass is 347 g/mol. The Hall–Kier alpha value is -1.15. The number of sulfonamides is 1. The first-order valence-corrected chi connectivity index (χ1v) is 8.24. The van der Waals surface area contributed by atoms with Crippen LogP contribution in [0.2, 0.25) is 0 Å². The largest absolute Gasteiger partial charge is 0.366 e. The van der Waals surface area contributed by atoms with Crippen LogP contribution in [-0.4, -0.2) is 37.8 Å². The molecule has 8 heteroatoms. The Balaban J connectivity index is 0.00000242. The third-order valence-electron chi connectivity index (χ3n) is 4.05. The van der Waals surface area contributed by atoms with Gasteiger partial charge in [-0.2, -0.15) is 4.31 Å². The highest BCUT2D eigenvalue weighted by molar-refractivity contribution is 7.89. The molecule has 1 amide bonds.